The van der Waals surface area contributed by atoms with Crippen LogP contribution in [0, 0.1) is 12.7 Å². The molecule has 0 saturated carbocycles. The molecule has 3 aromatic rings. The van der Waals surface area contributed by atoms with Gasteiger partial charge in [-0.2, -0.15) is 5.10 Å². The SMILES string of the molecule is CC(=O)Nc1cnn2ccc(N3CCCC3c3cc(F)ccc3C)nc12. The molecule has 1 aromatic carbocycles. The quantitative estimate of drug-likeness (QED) is 0.783. The first-order valence-corrected chi connectivity index (χ1v) is 8.67. The molecule has 134 valence electrons. The third-order valence-electron chi connectivity index (χ3n) is 4.81. The van der Waals surface area contributed by atoms with E-state index >= 15 is 0 Å². The summed E-state index contributed by atoms with van der Waals surface area (Å²) in [4.78, 5) is 18.3. The minimum Gasteiger partial charge on any atom is -0.349 e. The van der Waals surface area contributed by atoms with Gasteiger partial charge in [0.1, 0.15) is 17.3 Å². The van der Waals surface area contributed by atoms with Gasteiger partial charge in [-0.3, -0.25) is 4.79 Å². The minimum atomic E-state index is -0.218. The van der Waals surface area contributed by atoms with E-state index in [1.165, 1.54) is 13.0 Å². The molecule has 1 aliphatic heterocycles. The van der Waals surface area contributed by atoms with Gasteiger partial charge in [-0.15, -0.1) is 0 Å². The number of aryl methyl sites for hydroxylation is 1. The summed E-state index contributed by atoms with van der Waals surface area (Å²) in [6.45, 7) is 4.32. The van der Waals surface area contributed by atoms with Gasteiger partial charge in [0.2, 0.25) is 5.91 Å². The van der Waals surface area contributed by atoms with Gasteiger partial charge in [0.15, 0.2) is 5.65 Å². The van der Waals surface area contributed by atoms with Crippen molar-refractivity contribution >= 4 is 23.1 Å². The van der Waals surface area contributed by atoms with Crippen molar-refractivity contribution < 1.29 is 9.18 Å². The lowest BCUT2D eigenvalue weighted by molar-refractivity contribution is -0.114. The summed E-state index contributed by atoms with van der Waals surface area (Å²) in [6, 6.07) is 6.94. The smallest absolute Gasteiger partial charge is 0.221 e. The van der Waals surface area contributed by atoms with Gasteiger partial charge in [-0.05, 0) is 49.1 Å². The molecule has 1 N–H and O–H groups in total. The van der Waals surface area contributed by atoms with Crippen LogP contribution in [0.5, 0.6) is 0 Å². The van der Waals surface area contributed by atoms with Crippen molar-refractivity contribution in [2.24, 2.45) is 0 Å². The van der Waals surface area contributed by atoms with E-state index in [2.05, 4.69) is 15.3 Å². The van der Waals surface area contributed by atoms with Gasteiger partial charge < -0.3 is 10.2 Å². The van der Waals surface area contributed by atoms with Crippen LogP contribution in [0.2, 0.25) is 0 Å². The van der Waals surface area contributed by atoms with Crippen molar-refractivity contribution in [1.82, 2.24) is 14.6 Å². The average Bonchev–Trinajstić information content (AvgIpc) is 3.23. The van der Waals surface area contributed by atoms with E-state index in [0.717, 1.165) is 36.3 Å². The molecule has 1 amide bonds. The standard InChI is InChI=1S/C19H20FN5O/c1-12-5-6-14(20)10-15(12)17-4-3-8-24(17)18-7-9-25-19(23-18)16(11-21-25)22-13(2)26/h5-7,9-11,17H,3-4,8H2,1-2H3,(H,22,26). The number of fused-ring (bicyclic) bond motifs is 1. The van der Waals surface area contributed by atoms with Gasteiger partial charge in [-0.1, -0.05) is 6.07 Å². The molecule has 3 heterocycles. The van der Waals surface area contributed by atoms with Gasteiger partial charge >= 0.3 is 0 Å². The van der Waals surface area contributed by atoms with Crippen molar-refractivity contribution in [3.8, 4) is 0 Å². The van der Waals surface area contributed by atoms with E-state index in [1.807, 2.05) is 25.3 Å². The Labute approximate surface area is 150 Å². The normalized spacial score (nSPS) is 17.0. The van der Waals surface area contributed by atoms with E-state index in [-0.39, 0.29) is 17.8 Å². The molecule has 0 bridgehead atoms. The van der Waals surface area contributed by atoms with Crippen LogP contribution in [0.4, 0.5) is 15.9 Å². The molecular weight excluding hydrogens is 333 g/mol. The number of benzene rings is 1. The number of nitrogens with zero attached hydrogens (tertiary/aromatic N) is 4. The number of anilines is 2. The lowest BCUT2D eigenvalue weighted by Gasteiger charge is -2.27. The predicted molar refractivity (Wildman–Crippen MR) is 97.7 cm³/mol. The molecule has 1 aliphatic rings. The van der Waals surface area contributed by atoms with Crippen LogP contribution in [0.1, 0.15) is 36.9 Å². The summed E-state index contributed by atoms with van der Waals surface area (Å²) >= 11 is 0. The number of nitrogens with one attached hydrogen (secondary N) is 1. The van der Waals surface area contributed by atoms with Crippen molar-refractivity contribution in [1.29, 1.82) is 0 Å². The number of carbonyl (C=O) groups excluding carboxylic acids is 1. The van der Waals surface area contributed by atoms with Gasteiger partial charge in [0, 0.05) is 19.7 Å². The summed E-state index contributed by atoms with van der Waals surface area (Å²) in [7, 11) is 0. The van der Waals surface area contributed by atoms with Crippen LogP contribution >= 0.6 is 0 Å². The Morgan fingerprint density at radius 2 is 2.19 bits per heavy atom. The van der Waals surface area contributed by atoms with Crippen molar-refractivity contribution in [3.05, 3.63) is 53.6 Å². The second kappa shape index (κ2) is 6.40. The number of aromatic nitrogens is 3. The van der Waals surface area contributed by atoms with Gasteiger partial charge in [0.05, 0.1) is 12.2 Å². The number of rotatable bonds is 3. The monoisotopic (exact) mass is 353 g/mol. The van der Waals surface area contributed by atoms with Gasteiger partial charge in [0.25, 0.3) is 0 Å². The van der Waals surface area contributed by atoms with Gasteiger partial charge in [-0.25, -0.2) is 13.9 Å². The average molecular weight is 353 g/mol. The predicted octanol–water partition coefficient (Wildman–Crippen LogP) is 3.48. The lowest BCUT2D eigenvalue weighted by atomic mass is 9.99. The molecule has 1 fully saturated rings. The molecule has 4 rings (SSSR count). The summed E-state index contributed by atoms with van der Waals surface area (Å²) in [5.74, 6) is 0.418. The highest BCUT2D eigenvalue weighted by atomic mass is 19.1. The first kappa shape index (κ1) is 16.5. The zero-order chi connectivity index (χ0) is 18.3. The number of carbonyl (C=O) groups is 1. The molecule has 0 spiro atoms. The summed E-state index contributed by atoms with van der Waals surface area (Å²) in [6.07, 6.45) is 5.39. The molecule has 6 nitrogen and oxygen atoms in total. The maximum absolute atomic E-state index is 13.8. The maximum Gasteiger partial charge on any atom is 0.221 e. The van der Waals surface area contributed by atoms with Crippen molar-refractivity contribution in [2.75, 3.05) is 16.8 Å². The van der Waals surface area contributed by atoms with Crippen molar-refractivity contribution in [3.63, 3.8) is 0 Å². The number of halogens is 1. The Morgan fingerprint density at radius 1 is 1.35 bits per heavy atom. The topological polar surface area (TPSA) is 62.5 Å². The second-order valence-electron chi connectivity index (χ2n) is 6.65. The Hall–Kier alpha value is -2.96. The third kappa shape index (κ3) is 2.89. The van der Waals surface area contributed by atoms with Crippen LogP contribution in [0.15, 0.2) is 36.7 Å². The second-order valence-corrected chi connectivity index (χ2v) is 6.65. The first-order chi connectivity index (χ1) is 12.5. The minimum absolute atomic E-state index is 0.0905. The number of hydrogen-bond acceptors (Lipinski definition) is 4. The first-order valence-electron chi connectivity index (χ1n) is 8.67. The Bertz CT molecular complexity index is 983. The highest BCUT2D eigenvalue weighted by Gasteiger charge is 2.29. The Morgan fingerprint density at radius 3 is 3.00 bits per heavy atom. The fraction of sp³-hybridized carbons (Fsp3) is 0.316. The summed E-state index contributed by atoms with van der Waals surface area (Å²) in [5, 5.41) is 6.97. The van der Waals surface area contributed by atoms with Crippen molar-refractivity contribution in [2.45, 2.75) is 32.7 Å². The van der Waals surface area contributed by atoms with Crippen LogP contribution in [0.25, 0.3) is 5.65 Å². The Kier molecular flexibility index (Phi) is 4.06. The fourth-order valence-electron chi connectivity index (χ4n) is 3.63. The number of hydrogen-bond donors (Lipinski definition) is 1. The highest BCUT2D eigenvalue weighted by Crippen LogP contribution is 2.37. The van der Waals surface area contributed by atoms with E-state index in [9.17, 15) is 9.18 Å². The number of amides is 1. The largest absolute Gasteiger partial charge is 0.349 e. The molecule has 26 heavy (non-hydrogen) atoms. The molecule has 1 atom stereocenters. The molecule has 1 saturated heterocycles. The van der Waals surface area contributed by atoms with E-state index in [0.29, 0.717) is 11.3 Å². The van der Waals surface area contributed by atoms with E-state index in [4.69, 9.17) is 4.98 Å². The molecular formula is C19H20FN5O. The molecule has 2 aromatic heterocycles. The van der Waals surface area contributed by atoms with Crippen LogP contribution in [-0.4, -0.2) is 27.0 Å². The Balaban J connectivity index is 1.73. The summed E-state index contributed by atoms with van der Waals surface area (Å²) in [5.41, 5.74) is 3.25. The van der Waals surface area contributed by atoms with E-state index < -0.39 is 0 Å². The molecule has 1 unspecified atom stereocenters. The molecule has 7 heteroatoms. The zero-order valence-corrected chi connectivity index (χ0v) is 14.7. The zero-order valence-electron chi connectivity index (χ0n) is 14.7. The van der Waals surface area contributed by atoms with Crippen LogP contribution < -0.4 is 10.2 Å². The molecule has 0 radical (unpaired) electrons. The van der Waals surface area contributed by atoms with E-state index in [1.54, 1.807) is 16.8 Å². The van der Waals surface area contributed by atoms with Crippen LogP contribution in [-0.2, 0) is 4.79 Å². The highest BCUT2D eigenvalue weighted by molar-refractivity contribution is 5.92. The van der Waals surface area contributed by atoms with Crippen LogP contribution in [0.3, 0.4) is 0 Å². The fourth-order valence-corrected chi connectivity index (χ4v) is 3.63. The third-order valence-corrected chi connectivity index (χ3v) is 4.81. The maximum atomic E-state index is 13.8. The lowest BCUT2D eigenvalue weighted by Crippen LogP contribution is -2.24. The summed E-state index contributed by atoms with van der Waals surface area (Å²) < 4.78 is 15.4. The molecule has 0 aliphatic carbocycles.